The van der Waals surface area contributed by atoms with Crippen LogP contribution in [0.5, 0.6) is 0 Å². The highest BCUT2D eigenvalue weighted by molar-refractivity contribution is 8.76. The van der Waals surface area contributed by atoms with E-state index in [1.807, 2.05) is 13.8 Å². The van der Waals surface area contributed by atoms with Gasteiger partial charge < -0.3 is 21.7 Å². The van der Waals surface area contributed by atoms with Crippen LogP contribution in [0.15, 0.2) is 0 Å². The lowest BCUT2D eigenvalue weighted by atomic mass is 10.3. The zero-order chi connectivity index (χ0) is 19.0. The summed E-state index contributed by atoms with van der Waals surface area (Å²) in [6, 6.07) is -0.533. The van der Waals surface area contributed by atoms with E-state index in [-0.39, 0.29) is 23.6 Å². The van der Waals surface area contributed by atoms with Crippen LogP contribution < -0.4 is 21.7 Å². The third kappa shape index (κ3) is 18.6. The van der Waals surface area contributed by atoms with E-state index in [2.05, 4.69) is 21.7 Å². The molecule has 0 rings (SSSR count). The summed E-state index contributed by atoms with van der Waals surface area (Å²) in [5.74, 6) is 0.445. The smallest absolute Gasteiger partial charge is 0.243 e. The normalized spacial score (nSPS) is 10.7. The van der Waals surface area contributed by atoms with E-state index in [0.717, 1.165) is 0 Å². The van der Waals surface area contributed by atoms with Crippen LogP contribution >= 0.6 is 21.6 Å². The Labute approximate surface area is 151 Å². The lowest BCUT2D eigenvalue weighted by Crippen LogP contribution is -2.47. The Morgan fingerprint density at radius 2 is 1.54 bits per heavy atom. The maximum Gasteiger partial charge on any atom is 0.243 e. The van der Waals surface area contributed by atoms with Crippen molar-refractivity contribution < 1.29 is 19.2 Å². The fraction of sp³-hybridized carbons (Fsp3) is 0.714. The van der Waals surface area contributed by atoms with E-state index in [0.29, 0.717) is 31.0 Å². The molecule has 0 saturated carbocycles. The molecule has 0 aromatic heterocycles. The number of primary amides is 1. The molecule has 0 radical (unpaired) electrons. The Morgan fingerprint density at radius 3 is 2.00 bits per heavy atom. The molecule has 4 amide bonds. The van der Waals surface area contributed by atoms with E-state index < -0.39 is 6.04 Å². The summed E-state index contributed by atoms with van der Waals surface area (Å²) in [5, 5.41) is 8.03. The lowest BCUT2D eigenvalue weighted by Gasteiger charge is -2.16. The molecule has 0 heterocycles. The minimum absolute atomic E-state index is 0.0303. The van der Waals surface area contributed by atoms with Gasteiger partial charge in [-0.05, 0) is 13.8 Å². The number of rotatable bonds is 10. The number of likely N-dealkylation sites (N-methyl/N-ethyl adjacent to an activating group) is 1. The topological polar surface area (TPSA) is 130 Å². The van der Waals surface area contributed by atoms with Gasteiger partial charge in [0, 0.05) is 44.9 Å². The van der Waals surface area contributed by atoms with Gasteiger partial charge in [-0.2, -0.15) is 0 Å². The number of carbonyl (C=O) groups excluding carboxylic acids is 4. The van der Waals surface area contributed by atoms with Crippen LogP contribution in [0.4, 0.5) is 0 Å². The summed E-state index contributed by atoms with van der Waals surface area (Å²) in [6.07, 6.45) is 0.456. The highest BCUT2D eigenvalue weighted by Gasteiger charge is 2.18. The number of nitrogens with one attached hydrogen (secondary N) is 3. The van der Waals surface area contributed by atoms with Crippen molar-refractivity contribution in [2.45, 2.75) is 40.2 Å². The van der Waals surface area contributed by atoms with Crippen LogP contribution in [0.25, 0.3) is 0 Å². The quantitative estimate of drug-likeness (QED) is 0.312. The Bertz CT molecular complexity index is 404. The lowest BCUT2D eigenvalue weighted by molar-refractivity contribution is -0.127. The molecule has 8 nitrogen and oxygen atoms in total. The molecule has 0 aromatic carbocycles. The second-order valence-corrected chi connectivity index (χ2v) is 7.20. The third-order valence-corrected chi connectivity index (χ3v) is 4.56. The monoisotopic (exact) mass is 380 g/mol. The van der Waals surface area contributed by atoms with E-state index in [1.54, 1.807) is 0 Å². The van der Waals surface area contributed by atoms with Crippen molar-refractivity contribution >= 4 is 45.2 Å². The summed E-state index contributed by atoms with van der Waals surface area (Å²) in [6.45, 7) is 7.57. The minimum atomic E-state index is -0.533. The molecule has 24 heavy (non-hydrogen) atoms. The van der Waals surface area contributed by atoms with Crippen molar-refractivity contribution in [2.24, 2.45) is 5.73 Å². The van der Waals surface area contributed by atoms with Gasteiger partial charge in [0.15, 0.2) is 0 Å². The Hall–Kier alpha value is -1.42. The molecule has 0 fully saturated rings. The van der Waals surface area contributed by atoms with Crippen LogP contribution in [0, 0.1) is 0 Å². The van der Waals surface area contributed by atoms with Crippen LogP contribution in [0.2, 0.25) is 0 Å². The van der Waals surface area contributed by atoms with Gasteiger partial charge in [0.2, 0.25) is 23.6 Å². The summed E-state index contributed by atoms with van der Waals surface area (Å²) in [7, 11) is 3.00. The summed E-state index contributed by atoms with van der Waals surface area (Å²) in [5.41, 5.74) is 4.47. The molecule has 0 aromatic rings. The van der Waals surface area contributed by atoms with Crippen molar-refractivity contribution in [1.29, 1.82) is 0 Å². The average molecular weight is 381 g/mol. The van der Waals surface area contributed by atoms with Crippen LogP contribution in [-0.2, 0) is 19.2 Å². The predicted octanol–water partition coefficient (Wildman–Crippen LogP) is 0.0264. The van der Waals surface area contributed by atoms with Gasteiger partial charge in [-0.25, -0.2) is 0 Å². The highest BCUT2D eigenvalue weighted by Crippen LogP contribution is 2.22. The fourth-order valence-corrected chi connectivity index (χ4v) is 3.47. The SMILES string of the molecule is CC(N)=O.CCNC(=O)CCSSC[C@H](NC(C)=O)C(=O)NCC. The van der Waals surface area contributed by atoms with Gasteiger partial charge in [-0.3, -0.25) is 19.2 Å². The molecule has 0 aliphatic rings. The largest absolute Gasteiger partial charge is 0.370 e. The van der Waals surface area contributed by atoms with Gasteiger partial charge >= 0.3 is 0 Å². The average Bonchev–Trinajstić information content (AvgIpc) is 2.45. The molecule has 0 spiro atoms. The second-order valence-electron chi connectivity index (χ2n) is 4.57. The first-order valence-corrected chi connectivity index (χ1v) is 10.0. The van der Waals surface area contributed by atoms with Gasteiger partial charge in [-0.1, -0.05) is 21.6 Å². The van der Waals surface area contributed by atoms with Crippen LogP contribution in [-0.4, -0.2) is 54.3 Å². The summed E-state index contributed by atoms with van der Waals surface area (Å²) in [4.78, 5) is 43.2. The van der Waals surface area contributed by atoms with Gasteiger partial charge in [-0.15, -0.1) is 0 Å². The zero-order valence-corrected chi connectivity index (χ0v) is 16.3. The first kappa shape index (κ1) is 24.8. The van der Waals surface area contributed by atoms with Crippen molar-refractivity contribution in [3.05, 3.63) is 0 Å². The molecule has 0 bridgehead atoms. The van der Waals surface area contributed by atoms with Crippen LogP contribution in [0.3, 0.4) is 0 Å². The van der Waals surface area contributed by atoms with E-state index in [4.69, 9.17) is 0 Å². The molecule has 1 atom stereocenters. The highest BCUT2D eigenvalue weighted by atomic mass is 33.1. The van der Waals surface area contributed by atoms with Crippen molar-refractivity contribution in [3.8, 4) is 0 Å². The summed E-state index contributed by atoms with van der Waals surface area (Å²) < 4.78 is 0. The van der Waals surface area contributed by atoms with E-state index in [1.165, 1.54) is 35.4 Å². The first-order chi connectivity index (χ1) is 11.2. The van der Waals surface area contributed by atoms with E-state index in [9.17, 15) is 19.2 Å². The third-order valence-electron chi connectivity index (χ3n) is 2.15. The number of hydrogen-bond acceptors (Lipinski definition) is 6. The Balaban J connectivity index is 0. The van der Waals surface area contributed by atoms with Gasteiger partial charge in [0.05, 0.1) is 0 Å². The molecule has 0 unspecified atom stereocenters. The summed E-state index contributed by atoms with van der Waals surface area (Å²) >= 11 is 0. The van der Waals surface area contributed by atoms with Crippen molar-refractivity contribution in [2.75, 3.05) is 24.6 Å². The molecular weight excluding hydrogens is 352 g/mol. The standard InChI is InChI=1S/C12H23N3O3S2.C2H5NO/c1-4-13-11(17)6-7-19-20-8-10(15-9(3)16)12(18)14-5-2;1-2(3)4/h10H,4-8H2,1-3H3,(H,13,17)(H,14,18)(H,15,16);1H3,(H2,3,4)/t10-;/m0./s1. The van der Waals surface area contributed by atoms with Gasteiger partial charge in [0.1, 0.15) is 6.04 Å². The van der Waals surface area contributed by atoms with Crippen molar-refractivity contribution in [3.63, 3.8) is 0 Å². The minimum Gasteiger partial charge on any atom is -0.370 e. The maximum absolute atomic E-state index is 11.7. The number of carbonyl (C=O) groups is 4. The molecule has 10 heteroatoms. The number of amides is 4. The molecule has 0 aliphatic heterocycles. The van der Waals surface area contributed by atoms with Crippen LogP contribution in [0.1, 0.15) is 34.1 Å². The molecule has 140 valence electrons. The maximum atomic E-state index is 11.7. The fourth-order valence-electron chi connectivity index (χ4n) is 1.32. The van der Waals surface area contributed by atoms with Crippen molar-refractivity contribution in [1.82, 2.24) is 16.0 Å². The molecule has 0 aliphatic carbocycles. The number of nitrogens with two attached hydrogens (primary N) is 1. The molecule has 5 N–H and O–H groups in total. The van der Waals surface area contributed by atoms with E-state index >= 15 is 0 Å². The molecule has 0 saturated heterocycles. The zero-order valence-electron chi connectivity index (χ0n) is 14.6. The predicted molar refractivity (Wildman–Crippen MR) is 99.4 cm³/mol. The number of hydrogen-bond donors (Lipinski definition) is 4. The Morgan fingerprint density at radius 1 is 1.00 bits per heavy atom. The molecular formula is C14H28N4O4S2. The first-order valence-electron chi connectivity index (χ1n) is 7.56. The second kappa shape index (κ2) is 16.4. The Kier molecular flexibility index (Phi) is 17.0. The van der Waals surface area contributed by atoms with Gasteiger partial charge in [0.25, 0.3) is 0 Å².